The fourth-order valence-electron chi connectivity index (χ4n) is 1.66. The van der Waals surface area contributed by atoms with E-state index in [1.165, 1.54) is 30.6 Å². The first-order chi connectivity index (χ1) is 6.77. The van der Waals surface area contributed by atoms with E-state index in [2.05, 4.69) is 4.98 Å². The topological polar surface area (TPSA) is 33.2 Å². The lowest BCUT2D eigenvalue weighted by Gasteiger charge is -2.29. The van der Waals surface area contributed by atoms with Crippen molar-refractivity contribution in [3.05, 3.63) is 16.6 Å². The average Bonchev–Trinajstić information content (AvgIpc) is 2.62. The van der Waals surface area contributed by atoms with Crippen LogP contribution in [-0.2, 0) is 0 Å². The highest BCUT2D eigenvalue weighted by Gasteiger charge is 2.22. The number of hydrogen-bond donors (Lipinski definition) is 0. The molecule has 0 N–H and O–H groups in total. The Morgan fingerprint density at radius 1 is 1.71 bits per heavy atom. The molecule has 1 aromatic heterocycles. The highest BCUT2D eigenvalue weighted by Crippen LogP contribution is 2.27. The van der Waals surface area contributed by atoms with Crippen molar-refractivity contribution in [1.82, 2.24) is 9.88 Å². The maximum absolute atomic E-state index is 11.8. The molecule has 3 nitrogen and oxygen atoms in total. The van der Waals surface area contributed by atoms with Crippen molar-refractivity contribution in [1.29, 1.82) is 0 Å². The van der Waals surface area contributed by atoms with E-state index in [0.29, 0.717) is 5.69 Å². The molecular weight excluding hydrogens is 196 g/mol. The molecule has 0 radical (unpaired) electrons. The summed E-state index contributed by atoms with van der Waals surface area (Å²) in [4.78, 5) is 17.6. The zero-order valence-electron chi connectivity index (χ0n) is 8.27. The first-order valence-corrected chi connectivity index (χ1v) is 5.85. The van der Waals surface area contributed by atoms with E-state index < -0.39 is 0 Å². The van der Waals surface area contributed by atoms with Gasteiger partial charge in [0.1, 0.15) is 5.69 Å². The summed E-state index contributed by atoms with van der Waals surface area (Å²) in [5.74, 6) is 0.778. The second-order valence-electron chi connectivity index (χ2n) is 3.86. The lowest BCUT2D eigenvalue weighted by Crippen LogP contribution is -2.34. The summed E-state index contributed by atoms with van der Waals surface area (Å²) in [6.45, 7) is 0.885. The maximum Gasteiger partial charge on any atom is 0.273 e. The second-order valence-corrected chi connectivity index (χ2v) is 4.57. The largest absolute Gasteiger partial charge is 0.340 e. The summed E-state index contributed by atoms with van der Waals surface area (Å²) < 4.78 is 0. The summed E-state index contributed by atoms with van der Waals surface area (Å²) in [7, 11) is 1.86. The van der Waals surface area contributed by atoms with E-state index >= 15 is 0 Å². The first kappa shape index (κ1) is 9.65. The van der Waals surface area contributed by atoms with Crippen molar-refractivity contribution in [2.75, 3.05) is 13.6 Å². The molecule has 0 aromatic carbocycles. The van der Waals surface area contributed by atoms with Crippen LogP contribution < -0.4 is 0 Å². The van der Waals surface area contributed by atoms with Crippen LogP contribution in [0.15, 0.2) is 10.9 Å². The van der Waals surface area contributed by atoms with Crippen molar-refractivity contribution in [2.45, 2.75) is 19.3 Å². The standard InChI is InChI=1S/C10H14N2OS/c1-12(5-8-3-2-4-8)10(13)9-6-14-7-11-9/h6-8H,2-5H2,1H3. The lowest BCUT2D eigenvalue weighted by molar-refractivity contribution is 0.0740. The summed E-state index contributed by atoms with van der Waals surface area (Å²) in [5.41, 5.74) is 2.28. The number of rotatable bonds is 3. The highest BCUT2D eigenvalue weighted by molar-refractivity contribution is 7.07. The Balaban J connectivity index is 1.90. The SMILES string of the molecule is CN(CC1CCC1)C(=O)c1cscn1. The number of carbonyl (C=O) groups excluding carboxylic acids is 1. The van der Waals surface area contributed by atoms with E-state index in [9.17, 15) is 4.79 Å². The molecule has 76 valence electrons. The van der Waals surface area contributed by atoms with Crippen LogP contribution in [0.25, 0.3) is 0 Å². The van der Waals surface area contributed by atoms with E-state index in [1.807, 2.05) is 7.05 Å². The third kappa shape index (κ3) is 1.95. The number of thiazole rings is 1. The summed E-state index contributed by atoms with van der Waals surface area (Å²) in [6.07, 6.45) is 3.87. The Morgan fingerprint density at radius 3 is 3.00 bits per heavy atom. The molecule has 1 aliphatic rings. The monoisotopic (exact) mass is 210 g/mol. The molecule has 14 heavy (non-hydrogen) atoms. The molecule has 2 rings (SSSR count). The zero-order chi connectivity index (χ0) is 9.97. The van der Waals surface area contributed by atoms with Gasteiger partial charge in [-0.2, -0.15) is 0 Å². The molecule has 0 aliphatic heterocycles. The zero-order valence-corrected chi connectivity index (χ0v) is 9.09. The van der Waals surface area contributed by atoms with E-state index in [0.717, 1.165) is 12.5 Å². The number of aromatic nitrogens is 1. The van der Waals surface area contributed by atoms with Crippen LogP contribution in [0.2, 0.25) is 0 Å². The van der Waals surface area contributed by atoms with Gasteiger partial charge in [-0.15, -0.1) is 11.3 Å². The smallest absolute Gasteiger partial charge is 0.273 e. The average molecular weight is 210 g/mol. The molecule has 0 spiro atoms. The Morgan fingerprint density at radius 2 is 2.50 bits per heavy atom. The van der Waals surface area contributed by atoms with Gasteiger partial charge in [0.25, 0.3) is 5.91 Å². The Hall–Kier alpha value is -0.900. The van der Waals surface area contributed by atoms with Gasteiger partial charge in [-0.1, -0.05) is 6.42 Å². The van der Waals surface area contributed by atoms with E-state index in [-0.39, 0.29) is 5.91 Å². The number of amides is 1. The van der Waals surface area contributed by atoms with Crippen LogP contribution in [0.5, 0.6) is 0 Å². The Kier molecular flexibility index (Phi) is 2.82. The van der Waals surface area contributed by atoms with Gasteiger partial charge in [-0.05, 0) is 18.8 Å². The van der Waals surface area contributed by atoms with E-state index in [4.69, 9.17) is 0 Å². The molecule has 4 heteroatoms. The minimum atomic E-state index is 0.0538. The normalized spacial score (nSPS) is 16.4. The number of nitrogens with zero attached hydrogens (tertiary/aromatic N) is 2. The predicted octanol–water partition coefficient (Wildman–Crippen LogP) is 2.02. The van der Waals surface area contributed by atoms with Gasteiger partial charge >= 0.3 is 0 Å². The number of hydrogen-bond acceptors (Lipinski definition) is 3. The molecule has 1 heterocycles. The van der Waals surface area contributed by atoms with Crippen molar-refractivity contribution in [2.24, 2.45) is 5.92 Å². The van der Waals surface area contributed by atoms with Crippen LogP contribution in [0.1, 0.15) is 29.8 Å². The van der Waals surface area contributed by atoms with Gasteiger partial charge in [0.15, 0.2) is 0 Å². The minimum Gasteiger partial charge on any atom is -0.340 e. The van der Waals surface area contributed by atoms with Gasteiger partial charge in [-0.3, -0.25) is 4.79 Å². The van der Waals surface area contributed by atoms with Gasteiger partial charge < -0.3 is 4.90 Å². The molecular formula is C10H14N2OS. The van der Waals surface area contributed by atoms with Gasteiger partial charge in [0, 0.05) is 19.0 Å². The molecule has 0 saturated heterocycles. The molecule has 1 aromatic rings. The molecule has 1 fully saturated rings. The minimum absolute atomic E-state index is 0.0538. The van der Waals surface area contributed by atoms with Crippen LogP contribution in [0, 0.1) is 5.92 Å². The molecule has 1 aliphatic carbocycles. The van der Waals surface area contributed by atoms with Gasteiger partial charge in [0.2, 0.25) is 0 Å². The quantitative estimate of drug-likeness (QED) is 0.764. The molecule has 0 unspecified atom stereocenters. The molecule has 0 bridgehead atoms. The maximum atomic E-state index is 11.8. The third-order valence-corrected chi connectivity index (χ3v) is 3.34. The number of carbonyl (C=O) groups is 1. The van der Waals surface area contributed by atoms with Crippen molar-refractivity contribution in [3.63, 3.8) is 0 Å². The van der Waals surface area contributed by atoms with Crippen LogP contribution >= 0.6 is 11.3 Å². The van der Waals surface area contributed by atoms with Crippen molar-refractivity contribution >= 4 is 17.2 Å². The van der Waals surface area contributed by atoms with Gasteiger partial charge in [0.05, 0.1) is 5.51 Å². The predicted molar refractivity (Wildman–Crippen MR) is 56.4 cm³/mol. The molecule has 0 atom stereocenters. The molecule has 1 amide bonds. The van der Waals surface area contributed by atoms with Crippen LogP contribution in [-0.4, -0.2) is 29.4 Å². The fourth-order valence-corrected chi connectivity index (χ4v) is 2.19. The van der Waals surface area contributed by atoms with Gasteiger partial charge in [-0.25, -0.2) is 4.98 Å². The fraction of sp³-hybridized carbons (Fsp3) is 0.600. The Labute approximate surface area is 87.8 Å². The van der Waals surface area contributed by atoms with Crippen molar-refractivity contribution in [3.8, 4) is 0 Å². The second kappa shape index (κ2) is 4.09. The first-order valence-electron chi connectivity index (χ1n) is 4.91. The summed E-state index contributed by atoms with van der Waals surface area (Å²) >= 11 is 1.47. The summed E-state index contributed by atoms with van der Waals surface area (Å²) in [5, 5.41) is 1.81. The van der Waals surface area contributed by atoms with Crippen LogP contribution in [0.3, 0.4) is 0 Å². The summed E-state index contributed by atoms with van der Waals surface area (Å²) in [6, 6.07) is 0. The van der Waals surface area contributed by atoms with Crippen LogP contribution in [0.4, 0.5) is 0 Å². The highest BCUT2D eigenvalue weighted by atomic mass is 32.1. The third-order valence-electron chi connectivity index (χ3n) is 2.75. The van der Waals surface area contributed by atoms with Crippen molar-refractivity contribution < 1.29 is 4.79 Å². The lowest BCUT2D eigenvalue weighted by atomic mass is 9.85. The Bertz CT molecular complexity index is 306. The molecule has 1 saturated carbocycles. The van der Waals surface area contributed by atoms with E-state index in [1.54, 1.807) is 15.8 Å².